The highest BCUT2D eigenvalue weighted by atomic mass is 16.6. The number of carbonyl (C=O) groups is 2. The zero-order chi connectivity index (χ0) is 15.2. The van der Waals surface area contributed by atoms with Crippen LogP contribution in [0.2, 0.25) is 0 Å². The molecule has 1 N–H and O–H groups in total. The van der Waals surface area contributed by atoms with Crippen LogP contribution in [0.25, 0.3) is 0 Å². The van der Waals surface area contributed by atoms with Gasteiger partial charge < -0.3 is 14.6 Å². The maximum absolute atomic E-state index is 11.5. The summed E-state index contributed by atoms with van der Waals surface area (Å²) in [6.07, 6.45) is 5.59. The lowest BCUT2D eigenvalue weighted by atomic mass is 10.2. The molecule has 0 bridgehead atoms. The van der Waals surface area contributed by atoms with Crippen molar-refractivity contribution in [3.8, 4) is 0 Å². The maximum atomic E-state index is 11.5. The predicted molar refractivity (Wildman–Crippen MR) is 76.2 cm³/mol. The van der Waals surface area contributed by atoms with Gasteiger partial charge in [0.15, 0.2) is 6.10 Å². The monoisotopic (exact) mass is 288 g/mol. The summed E-state index contributed by atoms with van der Waals surface area (Å²) < 4.78 is 10.0. The molecule has 0 heterocycles. The molecule has 0 aromatic heterocycles. The van der Waals surface area contributed by atoms with Crippen LogP contribution in [0.15, 0.2) is 0 Å². The topological polar surface area (TPSA) is 72.8 Å². The van der Waals surface area contributed by atoms with E-state index in [4.69, 9.17) is 14.6 Å². The molecule has 0 saturated carbocycles. The van der Waals surface area contributed by atoms with E-state index in [1.165, 1.54) is 0 Å². The quantitative estimate of drug-likeness (QED) is 0.441. The van der Waals surface area contributed by atoms with Gasteiger partial charge in [-0.05, 0) is 12.8 Å². The first-order valence-corrected chi connectivity index (χ1v) is 7.59. The number of aliphatic hydroxyl groups is 1. The van der Waals surface area contributed by atoms with Gasteiger partial charge in [0.2, 0.25) is 0 Å². The normalized spacial score (nSPS) is 11.9. The largest absolute Gasteiger partial charge is 0.462 e. The van der Waals surface area contributed by atoms with Crippen molar-refractivity contribution in [2.24, 2.45) is 0 Å². The molecular formula is C15H28O5. The first kappa shape index (κ1) is 18.9. The molecule has 0 aliphatic carbocycles. The highest BCUT2D eigenvalue weighted by molar-refractivity contribution is 5.70. The van der Waals surface area contributed by atoms with E-state index in [1.54, 1.807) is 0 Å². The van der Waals surface area contributed by atoms with Crippen LogP contribution in [-0.4, -0.2) is 36.4 Å². The van der Waals surface area contributed by atoms with Gasteiger partial charge in [-0.15, -0.1) is 0 Å². The van der Waals surface area contributed by atoms with Crippen LogP contribution >= 0.6 is 0 Å². The summed E-state index contributed by atoms with van der Waals surface area (Å²) in [6, 6.07) is 0. The molecule has 0 amide bonds. The predicted octanol–water partition coefficient (Wildman–Crippen LogP) is 2.59. The second-order valence-electron chi connectivity index (χ2n) is 4.89. The van der Waals surface area contributed by atoms with Gasteiger partial charge in [-0.3, -0.25) is 9.59 Å². The molecule has 0 aromatic rings. The Morgan fingerprint density at radius 1 is 0.950 bits per heavy atom. The molecule has 0 fully saturated rings. The third-order valence-corrected chi connectivity index (χ3v) is 2.90. The highest BCUT2D eigenvalue weighted by Crippen LogP contribution is 2.05. The van der Waals surface area contributed by atoms with Crippen LogP contribution in [0.5, 0.6) is 0 Å². The second-order valence-corrected chi connectivity index (χ2v) is 4.89. The van der Waals surface area contributed by atoms with Crippen LogP contribution in [0.1, 0.15) is 65.2 Å². The van der Waals surface area contributed by atoms with Crippen molar-refractivity contribution >= 4 is 11.9 Å². The molecule has 0 saturated heterocycles. The fourth-order valence-corrected chi connectivity index (χ4v) is 1.67. The Morgan fingerprint density at radius 2 is 1.50 bits per heavy atom. The van der Waals surface area contributed by atoms with Gasteiger partial charge >= 0.3 is 11.9 Å². The Morgan fingerprint density at radius 3 is 2.00 bits per heavy atom. The van der Waals surface area contributed by atoms with E-state index in [9.17, 15) is 9.59 Å². The van der Waals surface area contributed by atoms with Crippen molar-refractivity contribution in [3.63, 3.8) is 0 Å². The van der Waals surface area contributed by atoms with Crippen LogP contribution in [0, 0.1) is 0 Å². The van der Waals surface area contributed by atoms with Crippen molar-refractivity contribution in [2.45, 2.75) is 71.3 Å². The summed E-state index contributed by atoms with van der Waals surface area (Å²) >= 11 is 0. The van der Waals surface area contributed by atoms with Crippen LogP contribution in [-0.2, 0) is 19.1 Å². The molecule has 0 unspecified atom stereocenters. The summed E-state index contributed by atoms with van der Waals surface area (Å²) in [5.74, 6) is -0.654. The molecule has 118 valence electrons. The van der Waals surface area contributed by atoms with Gasteiger partial charge in [0.1, 0.15) is 6.61 Å². The summed E-state index contributed by atoms with van der Waals surface area (Å²) in [7, 11) is 0. The molecular weight excluding hydrogens is 260 g/mol. The molecule has 0 aromatic carbocycles. The lowest BCUT2D eigenvalue weighted by Crippen LogP contribution is -2.28. The Bertz CT molecular complexity index is 265. The van der Waals surface area contributed by atoms with Crippen molar-refractivity contribution in [3.05, 3.63) is 0 Å². The average molecular weight is 288 g/mol. The van der Waals surface area contributed by atoms with Crippen LogP contribution in [0.4, 0.5) is 0 Å². The summed E-state index contributed by atoms with van der Waals surface area (Å²) in [6.45, 7) is 3.72. The molecule has 0 aliphatic rings. The SMILES string of the molecule is CCCCCC(=O)OC[C@@H](CO)OC(=O)CCCCC. The number of hydrogen-bond acceptors (Lipinski definition) is 5. The van der Waals surface area contributed by atoms with E-state index in [2.05, 4.69) is 13.8 Å². The molecule has 1 atom stereocenters. The number of ether oxygens (including phenoxy) is 2. The van der Waals surface area contributed by atoms with Crippen molar-refractivity contribution in [1.82, 2.24) is 0 Å². The maximum Gasteiger partial charge on any atom is 0.306 e. The van der Waals surface area contributed by atoms with E-state index < -0.39 is 6.10 Å². The minimum absolute atomic E-state index is 0.0685. The number of rotatable bonds is 12. The van der Waals surface area contributed by atoms with E-state index in [-0.39, 0.29) is 25.2 Å². The smallest absolute Gasteiger partial charge is 0.306 e. The minimum Gasteiger partial charge on any atom is -0.462 e. The summed E-state index contributed by atoms with van der Waals surface area (Å²) in [4.78, 5) is 22.9. The van der Waals surface area contributed by atoms with Crippen LogP contribution < -0.4 is 0 Å². The lowest BCUT2D eigenvalue weighted by molar-refractivity contribution is -0.161. The van der Waals surface area contributed by atoms with Gasteiger partial charge in [-0.2, -0.15) is 0 Å². The molecule has 0 aliphatic heterocycles. The van der Waals surface area contributed by atoms with E-state index >= 15 is 0 Å². The average Bonchev–Trinajstić information content (AvgIpc) is 2.44. The number of hydrogen-bond donors (Lipinski definition) is 1. The fourth-order valence-electron chi connectivity index (χ4n) is 1.67. The van der Waals surface area contributed by atoms with Gasteiger partial charge in [0.05, 0.1) is 6.61 Å². The highest BCUT2D eigenvalue weighted by Gasteiger charge is 2.15. The number of esters is 2. The summed E-state index contributed by atoms with van der Waals surface area (Å²) in [5.41, 5.74) is 0. The Hall–Kier alpha value is -1.10. The van der Waals surface area contributed by atoms with Gasteiger partial charge in [-0.1, -0.05) is 39.5 Å². The third-order valence-electron chi connectivity index (χ3n) is 2.90. The Kier molecular flexibility index (Phi) is 12.2. The van der Waals surface area contributed by atoms with Gasteiger partial charge in [0, 0.05) is 12.8 Å². The standard InChI is InChI=1S/C15H28O5/c1-3-5-7-9-14(17)19-12-13(11-16)20-15(18)10-8-6-4-2/h13,16H,3-12H2,1-2H3/t13-/m1/s1. The number of carbonyl (C=O) groups excluding carboxylic acids is 2. The van der Waals surface area contributed by atoms with Crippen molar-refractivity contribution in [2.75, 3.05) is 13.2 Å². The van der Waals surface area contributed by atoms with Crippen molar-refractivity contribution < 1.29 is 24.2 Å². The van der Waals surface area contributed by atoms with Crippen LogP contribution in [0.3, 0.4) is 0 Å². The molecule has 0 rings (SSSR count). The van der Waals surface area contributed by atoms with E-state index in [1.807, 2.05) is 0 Å². The fraction of sp³-hybridized carbons (Fsp3) is 0.867. The van der Waals surface area contributed by atoms with Gasteiger partial charge in [-0.25, -0.2) is 0 Å². The zero-order valence-electron chi connectivity index (χ0n) is 12.7. The van der Waals surface area contributed by atoms with E-state index in [0.717, 1.165) is 38.5 Å². The van der Waals surface area contributed by atoms with Crippen molar-refractivity contribution in [1.29, 1.82) is 0 Å². The third kappa shape index (κ3) is 10.8. The minimum atomic E-state index is -0.751. The lowest BCUT2D eigenvalue weighted by Gasteiger charge is -2.15. The molecule has 5 heteroatoms. The Labute approximate surface area is 121 Å². The molecule has 20 heavy (non-hydrogen) atoms. The second kappa shape index (κ2) is 12.9. The molecule has 0 spiro atoms. The molecule has 5 nitrogen and oxygen atoms in total. The first-order valence-electron chi connectivity index (χ1n) is 7.59. The van der Waals surface area contributed by atoms with E-state index in [0.29, 0.717) is 12.8 Å². The first-order chi connectivity index (χ1) is 9.63. The molecule has 0 radical (unpaired) electrons. The Balaban J connectivity index is 3.79. The summed E-state index contributed by atoms with van der Waals surface area (Å²) in [5, 5.41) is 9.11. The zero-order valence-corrected chi connectivity index (χ0v) is 12.7. The number of unbranched alkanes of at least 4 members (excludes halogenated alkanes) is 4. The van der Waals surface area contributed by atoms with Gasteiger partial charge in [0.25, 0.3) is 0 Å². The number of aliphatic hydroxyl groups excluding tert-OH is 1.